The van der Waals surface area contributed by atoms with Crippen molar-refractivity contribution < 1.29 is 18.0 Å². The van der Waals surface area contributed by atoms with Crippen LogP contribution in [0.25, 0.3) is 11.8 Å². The maximum Gasteiger partial charge on any atom is 0.432 e. The molecule has 156 valence electrons. The van der Waals surface area contributed by atoms with E-state index in [2.05, 4.69) is 18.3 Å². The van der Waals surface area contributed by atoms with Gasteiger partial charge in [0.1, 0.15) is 5.69 Å². The number of likely N-dealkylation sites (tertiary alicyclic amines) is 1. The fourth-order valence-corrected chi connectivity index (χ4v) is 3.81. The van der Waals surface area contributed by atoms with Crippen molar-refractivity contribution in [3.05, 3.63) is 53.4 Å². The summed E-state index contributed by atoms with van der Waals surface area (Å²) in [5.74, 6) is -0.651. The van der Waals surface area contributed by atoms with Crippen molar-refractivity contribution in [1.29, 1.82) is 5.26 Å². The van der Waals surface area contributed by atoms with E-state index in [1.807, 2.05) is 11.0 Å². The van der Waals surface area contributed by atoms with Gasteiger partial charge in [0, 0.05) is 5.69 Å². The van der Waals surface area contributed by atoms with Crippen LogP contribution in [-0.2, 0) is 6.18 Å². The fourth-order valence-electron chi connectivity index (χ4n) is 3.81. The first-order valence-electron chi connectivity index (χ1n) is 9.53. The van der Waals surface area contributed by atoms with Crippen LogP contribution in [0.3, 0.4) is 0 Å². The predicted molar refractivity (Wildman–Crippen MR) is 109 cm³/mol. The zero-order valence-corrected chi connectivity index (χ0v) is 16.4. The number of alkyl halides is 3. The van der Waals surface area contributed by atoms with Crippen LogP contribution >= 0.6 is 0 Å². The molecule has 0 spiro atoms. The zero-order valence-electron chi connectivity index (χ0n) is 16.4. The van der Waals surface area contributed by atoms with Crippen molar-refractivity contribution in [2.75, 3.05) is 19.6 Å². The minimum atomic E-state index is -4.82. The third-order valence-electron chi connectivity index (χ3n) is 5.15. The summed E-state index contributed by atoms with van der Waals surface area (Å²) in [4.78, 5) is 18.7. The van der Waals surface area contributed by atoms with Crippen LogP contribution in [0.4, 0.5) is 18.9 Å². The topological polar surface area (TPSA) is 61.4 Å². The second-order valence-electron chi connectivity index (χ2n) is 7.07. The van der Waals surface area contributed by atoms with E-state index in [0.29, 0.717) is 18.7 Å². The Morgan fingerprint density at radius 3 is 2.33 bits per heavy atom. The molecule has 0 atom stereocenters. The minimum Gasteiger partial charge on any atom is -0.303 e. The first kappa shape index (κ1) is 21.5. The Hall–Kier alpha value is -3.18. The van der Waals surface area contributed by atoms with E-state index in [9.17, 15) is 18.0 Å². The second kappa shape index (κ2) is 8.67. The highest BCUT2D eigenvalue weighted by Gasteiger charge is 2.43. The van der Waals surface area contributed by atoms with E-state index < -0.39 is 23.2 Å². The van der Waals surface area contributed by atoms with Crippen LogP contribution < -0.4 is 0 Å². The van der Waals surface area contributed by atoms with Crippen molar-refractivity contribution in [2.45, 2.75) is 25.4 Å². The molecule has 2 aromatic rings. The molecule has 0 unspecified atom stereocenters. The molecule has 3 rings (SSSR count). The molecule has 0 N–H and O–H groups in total. The first-order chi connectivity index (χ1) is 14.3. The lowest BCUT2D eigenvalue weighted by molar-refractivity contribution is -0.142. The third kappa shape index (κ3) is 4.07. The van der Waals surface area contributed by atoms with E-state index in [4.69, 9.17) is 5.26 Å². The van der Waals surface area contributed by atoms with E-state index in [0.717, 1.165) is 23.8 Å². The molecule has 5 nitrogen and oxygen atoms in total. The van der Waals surface area contributed by atoms with Gasteiger partial charge in [-0.15, -0.1) is 0 Å². The number of nitriles is 1. The molecule has 8 heteroatoms. The number of piperidine rings is 1. The van der Waals surface area contributed by atoms with Crippen molar-refractivity contribution in [1.82, 2.24) is 9.47 Å². The molecule has 0 aliphatic carbocycles. The molecule has 1 aromatic heterocycles. The van der Waals surface area contributed by atoms with Gasteiger partial charge < -0.3 is 4.57 Å². The average Bonchev–Trinajstić information content (AvgIpc) is 3.09. The van der Waals surface area contributed by atoms with Crippen LogP contribution in [-0.4, -0.2) is 41.6 Å². The average molecular weight is 414 g/mol. The zero-order chi connectivity index (χ0) is 21.9. The number of carbonyl (C=O) groups is 1. The summed E-state index contributed by atoms with van der Waals surface area (Å²) in [5.41, 5.74) is -1.25. The van der Waals surface area contributed by atoms with Gasteiger partial charge in [-0.05, 0) is 63.0 Å². The molecule has 30 heavy (non-hydrogen) atoms. The number of hydrogen-bond acceptors (Lipinski definition) is 4. The van der Waals surface area contributed by atoms with Gasteiger partial charge in [0.25, 0.3) is 0 Å². The molecule has 2 heterocycles. The number of aromatic nitrogens is 1. The number of nitrogens with zero attached hydrogens (tertiary/aromatic N) is 4. The lowest BCUT2D eigenvalue weighted by atomic mass is 10.1. The first-order valence-corrected chi connectivity index (χ1v) is 9.53. The van der Waals surface area contributed by atoms with E-state index in [1.165, 1.54) is 30.3 Å². The second-order valence-corrected chi connectivity index (χ2v) is 7.07. The summed E-state index contributed by atoms with van der Waals surface area (Å²) in [6.07, 6.45) is -0.712. The number of carbonyl (C=O) groups excluding carboxylic acids is 1. The number of hydrogen-bond donors (Lipinski definition) is 0. The Morgan fingerprint density at radius 2 is 1.83 bits per heavy atom. The van der Waals surface area contributed by atoms with Gasteiger partial charge in [-0.3, -0.25) is 14.7 Å². The van der Waals surface area contributed by atoms with Crippen LogP contribution in [0.15, 0.2) is 35.8 Å². The van der Waals surface area contributed by atoms with Gasteiger partial charge >= 0.3 is 6.18 Å². The van der Waals surface area contributed by atoms with E-state index in [1.54, 1.807) is 0 Å². The molecular weight excluding hydrogens is 393 g/mol. The minimum absolute atomic E-state index is 0.0315. The molecule has 1 aliphatic heterocycles. The third-order valence-corrected chi connectivity index (χ3v) is 5.15. The largest absolute Gasteiger partial charge is 0.432 e. The van der Waals surface area contributed by atoms with Crippen molar-refractivity contribution in [2.24, 2.45) is 4.99 Å². The van der Waals surface area contributed by atoms with Crippen LogP contribution in [0, 0.1) is 11.3 Å². The smallest absolute Gasteiger partial charge is 0.303 e. The number of Topliss-reactive ketones (excluding diaryl/α,β-unsaturated/α-hetero) is 1. The maximum atomic E-state index is 14.2. The van der Waals surface area contributed by atoms with Gasteiger partial charge in [-0.2, -0.15) is 18.4 Å². The summed E-state index contributed by atoms with van der Waals surface area (Å²) < 4.78 is 43.5. The molecule has 0 amide bonds. The standard InChI is InChI=1S/C22H21F3N4O/c1-3-17-20(27-2)19(18(30)14-28-11-5-4-6-12-28)21(22(23,24)25)29(17)16-9-7-15(13-26)8-10-16/h3,7-10H,1-2,4-6,11-12,14H2. The SMILES string of the molecule is C=Cc1c(N=C)c(C(=O)CN2CCCCC2)c(C(F)(F)F)n1-c1ccc(C#N)cc1. The molecule has 0 radical (unpaired) electrons. The maximum absolute atomic E-state index is 14.2. The van der Waals surface area contributed by atoms with Crippen LogP contribution in [0.2, 0.25) is 0 Å². The highest BCUT2D eigenvalue weighted by atomic mass is 19.4. The normalized spacial score (nSPS) is 14.9. The lowest BCUT2D eigenvalue weighted by Crippen LogP contribution is -2.35. The molecule has 0 saturated carbocycles. The lowest BCUT2D eigenvalue weighted by Gasteiger charge is -2.25. The fraction of sp³-hybridized carbons (Fsp3) is 0.318. The number of aliphatic imine (C=N–C) groups is 1. The summed E-state index contributed by atoms with van der Waals surface area (Å²) >= 11 is 0. The molecule has 1 saturated heterocycles. The van der Waals surface area contributed by atoms with Crippen LogP contribution in [0.1, 0.15) is 46.6 Å². The van der Waals surface area contributed by atoms with Crippen LogP contribution in [0.5, 0.6) is 0 Å². The number of benzene rings is 1. The highest BCUT2D eigenvalue weighted by molar-refractivity contribution is 6.05. The summed E-state index contributed by atoms with van der Waals surface area (Å²) in [7, 11) is 0. The van der Waals surface area contributed by atoms with Crippen molar-refractivity contribution in [3.8, 4) is 11.8 Å². The van der Waals surface area contributed by atoms with Crippen molar-refractivity contribution in [3.63, 3.8) is 0 Å². The van der Waals surface area contributed by atoms with Gasteiger partial charge in [-0.1, -0.05) is 13.0 Å². The number of rotatable bonds is 6. The quantitative estimate of drug-likeness (QED) is 0.493. The molecular formula is C22H21F3N4O. The Morgan fingerprint density at radius 1 is 1.20 bits per heavy atom. The number of halogens is 3. The van der Waals surface area contributed by atoms with Gasteiger partial charge in [0.05, 0.1) is 35.1 Å². The van der Waals surface area contributed by atoms with Crippen molar-refractivity contribution >= 4 is 24.3 Å². The van der Waals surface area contributed by atoms with Gasteiger partial charge in [-0.25, -0.2) is 0 Å². The predicted octanol–water partition coefficient (Wildman–Crippen LogP) is 5.01. The van der Waals surface area contributed by atoms with E-state index in [-0.39, 0.29) is 23.6 Å². The Bertz CT molecular complexity index is 1010. The Labute approximate surface area is 172 Å². The Kier molecular flexibility index (Phi) is 6.22. The molecule has 0 bridgehead atoms. The molecule has 1 aliphatic rings. The summed E-state index contributed by atoms with van der Waals surface area (Å²) in [5, 5.41) is 8.97. The number of ketones is 1. The molecule has 1 fully saturated rings. The van der Waals surface area contributed by atoms with Gasteiger partial charge in [0.2, 0.25) is 0 Å². The summed E-state index contributed by atoms with van der Waals surface area (Å²) in [6, 6.07) is 7.55. The van der Waals surface area contributed by atoms with E-state index >= 15 is 0 Å². The highest BCUT2D eigenvalue weighted by Crippen LogP contribution is 2.43. The Balaban J connectivity index is 2.21. The molecule has 1 aromatic carbocycles. The summed E-state index contributed by atoms with van der Waals surface area (Å²) in [6.45, 7) is 8.26. The monoisotopic (exact) mass is 414 g/mol. The van der Waals surface area contributed by atoms with Gasteiger partial charge in [0.15, 0.2) is 5.78 Å².